The highest BCUT2D eigenvalue weighted by Crippen LogP contribution is 2.20. The lowest BCUT2D eigenvalue weighted by molar-refractivity contribution is 0.102. The van der Waals surface area contributed by atoms with Crippen LogP contribution in [0.5, 0.6) is 0 Å². The van der Waals surface area contributed by atoms with Gasteiger partial charge < -0.3 is 5.32 Å². The Bertz CT molecular complexity index is 819. The van der Waals surface area contributed by atoms with Gasteiger partial charge in [-0.1, -0.05) is 18.2 Å². The minimum Gasteiger partial charge on any atom is -0.321 e. The SMILES string of the molecule is O=C(Nc1cccc(N=Nc2ccccn2)c1)c1ccccn1. The summed E-state index contributed by atoms with van der Waals surface area (Å²) in [6, 6.07) is 17.7. The maximum atomic E-state index is 12.1. The van der Waals surface area contributed by atoms with Gasteiger partial charge in [0.25, 0.3) is 5.91 Å². The summed E-state index contributed by atoms with van der Waals surface area (Å²) >= 11 is 0. The lowest BCUT2D eigenvalue weighted by Gasteiger charge is -2.04. The van der Waals surface area contributed by atoms with Crippen molar-refractivity contribution in [1.29, 1.82) is 0 Å². The van der Waals surface area contributed by atoms with Crippen molar-refractivity contribution in [3.8, 4) is 0 Å². The second-order valence-electron chi connectivity index (χ2n) is 4.61. The fourth-order valence-electron chi connectivity index (χ4n) is 1.86. The summed E-state index contributed by atoms with van der Waals surface area (Å²) in [6.07, 6.45) is 3.23. The number of hydrogen-bond donors (Lipinski definition) is 1. The van der Waals surface area contributed by atoms with Gasteiger partial charge in [0, 0.05) is 18.1 Å². The molecule has 0 spiro atoms. The van der Waals surface area contributed by atoms with E-state index in [2.05, 4.69) is 25.5 Å². The van der Waals surface area contributed by atoms with Gasteiger partial charge in [0.2, 0.25) is 0 Å². The van der Waals surface area contributed by atoms with E-state index in [9.17, 15) is 4.79 Å². The highest BCUT2D eigenvalue weighted by atomic mass is 16.1. The normalized spacial score (nSPS) is 10.6. The summed E-state index contributed by atoms with van der Waals surface area (Å²) in [5.41, 5.74) is 1.60. The van der Waals surface area contributed by atoms with Crippen molar-refractivity contribution in [2.24, 2.45) is 10.2 Å². The summed E-state index contributed by atoms with van der Waals surface area (Å²) < 4.78 is 0. The van der Waals surface area contributed by atoms with Crippen LogP contribution in [0.2, 0.25) is 0 Å². The fraction of sp³-hybridized carbons (Fsp3) is 0. The van der Waals surface area contributed by atoms with E-state index in [1.54, 1.807) is 60.9 Å². The van der Waals surface area contributed by atoms with Crippen LogP contribution in [0.3, 0.4) is 0 Å². The third-order valence-electron chi connectivity index (χ3n) is 2.92. The Labute approximate surface area is 133 Å². The predicted octanol–water partition coefficient (Wildman–Crippen LogP) is 4.14. The quantitative estimate of drug-likeness (QED) is 0.735. The van der Waals surface area contributed by atoms with Crippen LogP contribution in [-0.4, -0.2) is 15.9 Å². The third-order valence-corrected chi connectivity index (χ3v) is 2.92. The largest absolute Gasteiger partial charge is 0.321 e. The van der Waals surface area contributed by atoms with Crippen molar-refractivity contribution in [1.82, 2.24) is 9.97 Å². The van der Waals surface area contributed by atoms with Gasteiger partial charge in [-0.15, -0.1) is 10.2 Å². The average molecular weight is 303 g/mol. The summed E-state index contributed by atoms with van der Waals surface area (Å²) in [6.45, 7) is 0. The molecule has 1 amide bonds. The van der Waals surface area contributed by atoms with Crippen molar-refractivity contribution >= 4 is 23.1 Å². The topological polar surface area (TPSA) is 79.6 Å². The van der Waals surface area contributed by atoms with Crippen molar-refractivity contribution in [3.63, 3.8) is 0 Å². The van der Waals surface area contributed by atoms with Gasteiger partial charge in [-0.25, -0.2) is 4.98 Å². The molecule has 23 heavy (non-hydrogen) atoms. The molecule has 0 atom stereocenters. The van der Waals surface area contributed by atoms with Crippen LogP contribution in [0, 0.1) is 0 Å². The van der Waals surface area contributed by atoms with E-state index in [4.69, 9.17) is 0 Å². The number of amides is 1. The zero-order chi connectivity index (χ0) is 15.9. The van der Waals surface area contributed by atoms with Crippen LogP contribution in [0.15, 0.2) is 83.3 Å². The Morgan fingerprint density at radius 1 is 0.870 bits per heavy atom. The minimum absolute atomic E-state index is 0.274. The second kappa shape index (κ2) is 7.04. The Morgan fingerprint density at radius 2 is 1.70 bits per heavy atom. The van der Waals surface area contributed by atoms with Gasteiger partial charge in [-0.2, -0.15) is 0 Å². The molecule has 0 aliphatic carbocycles. The summed E-state index contributed by atoms with van der Waals surface area (Å²) in [5.74, 6) is 0.250. The molecule has 0 radical (unpaired) electrons. The lowest BCUT2D eigenvalue weighted by Crippen LogP contribution is -2.13. The van der Waals surface area contributed by atoms with E-state index in [0.29, 0.717) is 22.9 Å². The predicted molar refractivity (Wildman–Crippen MR) is 87.0 cm³/mol. The van der Waals surface area contributed by atoms with Crippen LogP contribution in [-0.2, 0) is 0 Å². The molecule has 0 unspecified atom stereocenters. The number of nitrogens with one attached hydrogen (secondary N) is 1. The molecule has 3 aromatic rings. The molecule has 1 N–H and O–H groups in total. The molecule has 0 saturated carbocycles. The number of rotatable bonds is 4. The molecular formula is C17H13N5O. The fourth-order valence-corrected chi connectivity index (χ4v) is 1.86. The maximum absolute atomic E-state index is 12.1. The Kier molecular flexibility index (Phi) is 4.44. The average Bonchev–Trinajstić information content (AvgIpc) is 2.62. The van der Waals surface area contributed by atoms with Gasteiger partial charge in [-0.05, 0) is 42.5 Å². The van der Waals surface area contributed by atoms with Crippen LogP contribution in [0.1, 0.15) is 10.5 Å². The van der Waals surface area contributed by atoms with Crippen molar-refractivity contribution in [3.05, 3.63) is 78.8 Å². The molecule has 2 heterocycles. The lowest BCUT2D eigenvalue weighted by atomic mass is 10.2. The van der Waals surface area contributed by atoms with Crippen LogP contribution >= 0.6 is 0 Å². The second-order valence-corrected chi connectivity index (χ2v) is 4.61. The Hall–Kier alpha value is -3.41. The van der Waals surface area contributed by atoms with Crippen LogP contribution in [0.25, 0.3) is 0 Å². The van der Waals surface area contributed by atoms with Gasteiger partial charge in [0.15, 0.2) is 5.82 Å². The number of benzene rings is 1. The van der Waals surface area contributed by atoms with E-state index >= 15 is 0 Å². The van der Waals surface area contributed by atoms with E-state index in [0.717, 1.165) is 0 Å². The summed E-state index contributed by atoms with van der Waals surface area (Å²) in [7, 11) is 0. The molecule has 1 aromatic carbocycles. The monoisotopic (exact) mass is 303 g/mol. The van der Waals surface area contributed by atoms with Gasteiger partial charge >= 0.3 is 0 Å². The molecule has 6 heteroatoms. The number of hydrogen-bond acceptors (Lipinski definition) is 5. The van der Waals surface area contributed by atoms with Crippen LogP contribution < -0.4 is 5.32 Å². The van der Waals surface area contributed by atoms with E-state index in [-0.39, 0.29) is 5.91 Å². The van der Waals surface area contributed by atoms with Crippen LogP contribution in [0.4, 0.5) is 17.2 Å². The molecule has 3 rings (SSSR count). The molecule has 0 aliphatic heterocycles. The highest BCUT2D eigenvalue weighted by Gasteiger charge is 2.06. The highest BCUT2D eigenvalue weighted by molar-refractivity contribution is 6.02. The van der Waals surface area contributed by atoms with E-state index in [1.807, 2.05) is 12.1 Å². The number of aromatic nitrogens is 2. The first kappa shape index (κ1) is 14.5. The molecule has 0 aliphatic rings. The number of carbonyl (C=O) groups is 1. The summed E-state index contributed by atoms with van der Waals surface area (Å²) in [4.78, 5) is 20.1. The first-order valence-electron chi connectivity index (χ1n) is 6.96. The summed E-state index contributed by atoms with van der Waals surface area (Å²) in [5, 5.41) is 10.9. The molecule has 6 nitrogen and oxygen atoms in total. The zero-order valence-corrected chi connectivity index (χ0v) is 12.1. The number of pyridine rings is 2. The first-order chi connectivity index (χ1) is 11.3. The van der Waals surface area contributed by atoms with E-state index in [1.165, 1.54) is 0 Å². The molecule has 112 valence electrons. The standard InChI is InChI=1S/C17H13N5O/c23-17(15-8-1-3-10-18-15)20-13-6-5-7-14(12-13)21-22-16-9-2-4-11-19-16/h1-12H,(H,20,23). The molecule has 0 fully saturated rings. The first-order valence-corrected chi connectivity index (χ1v) is 6.96. The van der Waals surface area contributed by atoms with Crippen molar-refractivity contribution in [2.45, 2.75) is 0 Å². The number of carbonyl (C=O) groups excluding carboxylic acids is 1. The number of azo groups is 1. The smallest absolute Gasteiger partial charge is 0.274 e. The Balaban J connectivity index is 1.73. The molecular weight excluding hydrogens is 290 g/mol. The van der Waals surface area contributed by atoms with Gasteiger partial charge in [0.1, 0.15) is 5.69 Å². The molecule has 2 aromatic heterocycles. The van der Waals surface area contributed by atoms with Crippen molar-refractivity contribution in [2.75, 3.05) is 5.32 Å². The third kappa shape index (κ3) is 4.04. The molecule has 0 bridgehead atoms. The zero-order valence-electron chi connectivity index (χ0n) is 12.1. The minimum atomic E-state index is -0.274. The Morgan fingerprint density at radius 3 is 2.43 bits per heavy atom. The van der Waals surface area contributed by atoms with Gasteiger partial charge in [0.05, 0.1) is 5.69 Å². The van der Waals surface area contributed by atoms with E-state index < -0.39 is 0 Å². The number of anilines is 1. The van der Waals surface area contributed by atoms with Crippen molar-refractivity contribution < 1.29 is 4.79 Å². The number of nitrogens with zero attached hydrogens (tertiary/aromatic N) is 4. The maximum Gasteiger partial charge on any atom is 0.274 e. The molecule has 0 saturated heterocycles. The van der Waals surface area contributed by atoms with Gasteiger partial charge in [-0.3, -0.25) is 9.78 Å².